The number of rotatable bonds is 9. The van der Waals surface area contributed by atoms with E-state index in [1.165, 1.54) is 25.7 Å². The molecule has 0 bridgehead atoms. The van der Waals surface area contributed by atoms with E-state index in [-0.39, 0.29) is 0 Å². The van der Waals surface area contributed by atoms with E-state index in [0.29, 0.717) is 18.0 Å². The number of benzene rings is 1. The van der Waals surface area contributed by atoms with Crippen LogP contribution < -0.4 is 10.1 Å². The first-order valence-corrected chi connectivity index (χ1v) is 7.27. The average molecular weight is 265 g/mol. The highest BCUT2D eigenvalue weighted by Gasteiger charge is 2.07. The SMILES string of the molecule is CCCCC(CC)CNCc1ccc(OC)cc1O. The third-order valence-electron chi connectivity index (χ3n) is 3.58. The molecule has 0 heterocycles. The maximum absolute atomic E-state index is 9.87. The van der Waals surface area contributed by atoms with Crippen molar-refractivity contribution < 1.29 is 9.84 Å². The Labute approximate surface area is 117 Å². The second kappa shape index (κ2) is 8.81. The Morgan fingerprint density at radius 2 is 2.11 bits per heavy atom. The molecule has 0 aliphatic heterocycles. The summed E-state index contributed by atoms with van der Waals surface area (Å²) in [7, 11) is 1.60. The molecule has 0 amide bonds. The molecular formula is C16H27NO2. The molecule has 1 aromatic carbocycles. The van der Waals surface area contributed by atoms with Gasteiger partial charge in [-0.1, -0.05) is 39.2 Å². The number of phenolic OH excluding ortho intramolecular Hbond substituents is 1. The van der Waals surface area contributed by atoms with Gasteiger partial charge in [0.2, 0.25) is 0 Å². The summed E-state index contributed by atoms with van der Waals surface area (Å²) >= 11 is 0. The van der Waals surface area contributed by atoms with Crippen molar-refractivity contribution in [3.8, 4) is 11.5 Å². The van der Waals surface area contributed by atoms with Crippen molar-refractivity contribution in [2.75, 3.05) is 13.7 Å². The number of hydrogen-bond acceptors (Lipinski definition) is 3. The fourth-order valence-electron chi connectivity index (χ4n) is 2.17. The van der Waals surface area contributed by atoms with Crippen LogP contribution in [0.4, 0.5) is 0 Å². The van der Waals surface area contributed by atoms with Gasteiger partial charge in [0.1, 0.15) is 11.5 Å². The molecule has 0 saturated heterocycles. The number of unbranched alkanes of at least 4 members (excludes halogenated alkanes) is 1. The van der Waals surface area contributed by atoms with Crippen LogP contribution in [0.15, 0.2) is 18.2 Å². The van der Waals surface area contributed by atoms with Crippen LogP contribution in [0.25, 0.3) is 0 Å². The summed E-state index contributed by atoms with van der Waals surface area (Å²) in [5.41, 5.74) is 0.922. The van der Waals surface area contributed by atoms with Crippen LogP contribution in [0.1, 0.15) is 45.1 Å². The van der Waals surface area contributed by atoms with Gasteiger partial charge in [0.05, 0.1) is 7.11 Å². The molecule has 0 spiro atoms. The first-order chi connectivity index (χ1) is 9.21. The van der Waals surface area contributed by atoms with Gasteiger partial charge in [0, 0.05) is 18.2 Å². The normalized spacial score (nSPS) is 12.4. The van der Waals surface area contributed by atoms with Crippen LogP contribution in [0, 0.1) is 5.92 Å². The minimum atomic E-state index is 0.299. The summed E-state index contributed by atoms with van der Waals surface area (Å²) in [6.07, 6.45) is 5.06. The molecule has 1 rings (SSSR count). The third kappa shape index (κ3) is 5.52. The molecule has 0 radical (unpaired) electrons. The van der Waals surface area contributed by atoms with E-state index in [9.17, 15) is 5.11 Å². The van der Waals surface area contributed by atoms with Crippen molar-refractivity contribution in [1.29, 1.82) is 0 Å². The van der Waals surface area contributed by atoms with Gasteiger partial charge in [0.25, 0.3) is 0 Å². The second-order valence-corrected chi connectivity index (χ2v) is 5.04. The van der Waals surface area contributed by atoms with Gasteiger partial charge in [-0.3, -0.25) is 0 Å². The fourth-order valence-corrected chi connectivity index (χ4v) is 2.17. The number of nitrogens with one attached hydrogen (secondary N) is 1. The molecule has 3 heteroatoms. The minimum absolute atomic E-state index is 0.299. The first-order valence-electron chi connectivity index (χ1n) is 7.27. The summed E-state index contributed by atoms with van der Waals surface area (Å²) in [4.78, 5) is 0. The molecule has 3 nitrogen and oxygen atoms in total. The Bertz CT molecular complexity index is 366. The second-order valence-electron chi connectivity index (χ2n) is 5.04. The van der Waals surface area contributed by atoms with Crippen molar-refractivity contribution in [2.45, 2.75) is 46.1 Å². The van der Waals surface area contributed by atoms with Gasteiger partial charge in [-0.05, 0) is 24.9 Å². The predicted molar refractivity (Wildman–Crippen MR) is 79.7 cm³/mol. The lowest BCUT2D eigenvalue weighted by molar-refractivity contribution is 0.402. The zero-order chi connectivity index (χ0) is 14.1. The zero-order valence-corrected chi connectivity index (χ0v) is 12.4. The number of hydrogen-bond donors (Lipinski definition) is 2. The standard InChI is InChI=1S/C16H27NO2/c1-4-6-7-13(5-2)11-17-12-14-8-9-15(19-3)10-16(14)18/h8-10,13,17-18H,4-7,11-12H2,1-3H3. The summed E-state index contributed by atoms with van der Waals surface area (Å²) < 4.78 is 5.07. The lowest BCUT2D eigenvalue weighted by Crippen LogP contribution is -2.22. The topological polar surface area (TPSA) is 41.5 Å². The van der Waals surface area contributed by atoms with Crippen LogP contribution >= 0.6 is 0 Å². The van der Waals surface area contributed by atoms with E-state index in [1.807, 2.05) is 12.1 Å². The van der Waals surface area contributed by atoms with Crippen molar-refractivity contribution in [3.05, 3.63) is 23.8 Å². The van der Waals surface area contributed by atoms with E-state index >= 15 is 0 Å². The van der Waals surface area contributed by atoms with E-state index in [4.69, 9.17) is 4.74 Å². The van der Waals surface area contributed by atoms with E-state index in [2.05, 4.69) is 19.2 Å². The Morgan fingerprint density at radius 3 is 2.68 bits per heavy atom. The van der Waals surface area contributed by atoms with Crippen molar-refractivity contribution in [3.63, 3.8) is 0 Å². The van der Waals surface area contributed by atoms with Gasteiger partial charge in [-0.2, -0.15) is 0 Å². The molecule has 19 heavy (non-hydrogen) atoms. The van der Waals surface area contributed by atoms with E-state index in [0.717, 1.165) is 18.0 Å². The summed E-state index contributed by atoms with van der Waals surface area (Å²) in [6, 6.07) is 5.45. The molecule has 2 N–H and O–H groups in total. The molecular weight excluding hydrogens is 238 g/mol. The van der Waals surface area contributed by atoms with Crippen molar-refractivity contribution >= 4 is 0 Å². The minimum Gasteiger partial charge on any atom is -0.507 e. The molecule has 1 aromatic rings. The largest absolute Gasteiger partial charge is 0.507 e. The Hall–Kier alpha value is -1.22. The molecule has 0 aromatic heterocycles. The van der Waals surface area contributed by atoms with Crippen LogP contribution in [-0.4, -0.2) is 18.8 Å². The fraction of sp³-hybridized carbons (Fsp3) is 0.625. The van der Waals surface area contributed by atoms with Crippen LogP contribution in [0.2, 0.25) is 0 Å². The molecule has 1 unspecified atom stereocenters. The summed E-state index contributed by atoms with van der Waals surface area (Å²) in [5, 5.41) is 13.3. The number of ether oxygens (including phenoxy) is 1. The Balaban J connectivity index is 2.39. The van der Waals surface area contributed by atoms with Gasteiger partial charge in [0.15, 0.2) is 0 Å². The predicted octanol–water partition coefficient (Wildman–Crippen LogP) is 3.71. The van der Waals surface area contributed by atoms with Crippen LogP contribution in [-0.2, 0) is 6.54 Å². The Kier molecular flexibility index (Phi) is 7.34. The number of methoxy groups -OCH3 is 1. The number of phenols is 1. The molecule has 0 aliphatic carbocycles. The van der Waals surface area contributed by atoms with Crippen molar-refractivity contribution in [2.24, 2.45) is 5.92 Å². The molecule has 0 aliphatic rings. The zero-order valence-electron chi connectivity index (χ0n) is 12.4. The number of aromatic hydroxyl groups is 1. The monoisotopic (exact) mass is 265 g/mol. The van der Waals surface area contributed by atoms with Crippen molar-refractivity contribution in [1.82, 2.24) is 5.32 Å². The molecule has 0 fully saturated rings. The van der Waals surface area contributed by atoms with Crippen LogP contribution in [0.3, 0.4) is 0 Å². The first kappa shape index (κ1) is 15.8. The Morgan fingerprint density at radius 1 is 1.32 bits per heavy atom. The van der Waals surface area contributed by atoms with Crippen LogP contribution in [0.5, 0.6) is 11.5 Å². The lowest BCUT2D eigenvalue weighted by atomic mass is 9.99. The summed E-state index contributed by atoms with van der Waals surface area (Å²) in [5.74, 6) is 1.73. The molecule has 108 valence electrons. The summed E-state index contributed by atoms with van der Waals surface area (Å²) in [6.45, 7) is 6.20. The van der Waals surface area contributed by atoms with E-state index in [1.54, 1.807) is 13.2 Å². The quantitative estimate of drug-likeness (QED) is 0.715. The van der Waals surface area contributed by atoms with Gasteiger partial charge < -0.3 is 15.2 Å². The lowest BCUT2D eigenvalue weighted by Gasteiger charge is -2.15. The maximum Gasteiger partial charge on any atom is 0.123 e. The maximum atomic E-state index is 9.87. The highest BCUT2D eigenvalue weighted by molar-refractivity contribution is 5.39. The van der Waals surface area contributed by atoms with Gasteiger partial charge in [-0.25, -0.2) is 0 Å². The third-order valence-corrected chi connectivity index (χ3v) is 3.58. The van der Waals surface area contributed by atoms with Gasteiger partial charge >= 0.3 is 0 Å². The highest BCUT2D eigenvalue weighted by atomic mass is 16.5. The molecule has 1 atom stereocenters. The van der Waals surface area contributed by atoms with E-state index < -0.39 is 0 Å². The smallest absolute Gasteiger partial charge is 0.123 e. The molecule has 0 saturated carbocycles. The van der Waals surface area contributed by atoms with Gasteiger partial charge in [-0.15, -0.1) is 0 Å². The average Bonchev–Trinajstić information content (AvgIpc) is 2.44. The highest BCUT2D eigenvalue weighted by Crippen LogP contribution is 2.23.